The fourth-order valence-corrected chi connectivity index (χ4v) is 3.19. The Morgan fingerprint density at radius 2 is 1.90 bits per heavy atom. The summed E-state index contributed by atoms with van der Waals surface area (Å²) in [4.78, 5) is 19.6. The first-order valence-corrected chi connectivity index (χ1v) is 8.18. The second-order valence-corrected chi connectivity index (χ2v) is 6.36. The molecule has 1 N–H and O–H groups in total. The summed E-state index contributed by atoms with van der Waals surface area (Å²) in [6.07, 6.45) is 3.86. The predicted octanol–water partition coefficient (Wildman–Crippen LogP) is 3.69. The fourth-order valence-electron chi connectivity index (χ4n) is 2.62. The highest BCUT2D eigenvalue weighted by Gasteiger charge is 2.13. The summed E-state index contributed by atoms with van der Waals surface area (Å²) < 4.78 is 0. The largest absolute Gasteiger partial charge is 0.372 e. The summed E-state index contributed by atoms with van der Waals surface area (Å²) >= 11 is 1.49. The normalized spacial score (nSPS) is 15.0. The minimum Gasteiger partial charge on any atom is -0.372 e. The standard InChI is InChI=1S/C16H19N3OS/c1-12-15(17-11-21-12)16(20)18-13-5-7-14(8-6-13)19-9-3-2-4-10-19/h5-8,11H,2-4,9-10H2,1H3,(H,18,20). The van der Waals surface area contributed by atoms with Crippen LogP contribution in [0.5, 0.6) is 0 Å². The Labute approximate surface area is 128 Å². The van der Waals surface area contributed by atoms with Crippen LogP contribution >= 0.6 is 11.3 Å². The number of hydrogen-bond donors (Lipinski definition) is 1. The first kappa shape index (κ1) is 14.1. The quantitative estimate of drug-likeness (QED) is 0.940. The molecule has 3 rings (SSSR count). The lowest BCUT2D eigenvalue weighted by molar-refractivity contribution is 0.102. The average Bonchev–Trinajstić information content (AvgIpc) is 2.95. The van der Waals surface area contributed by atoms with Crippen LogP contribution in [-0.2, 0) is 0 Å². The van der Waals surface area contributed by atoms with Gasteiger partial charge in [0.25, 0.3) is 5.91 Å². The zero-order valence-corrected chi connectivity index (χ0v) is 12.9. The lowest BCUT2D eigenvalue weighted by atomic mass is 10.1. The maximum Gasteiger partial charge on any atom is 0.275 e. The van der Waals surface area contributed by atoms with Gasteiger partial charge in [-0.1, -0.05) is 0 Å². The predicted molar refractivity (Wildman–Crippen MR) is 87.3 cm³/mol. The van der Waals surface area contributed by atoms with E-state index in [0.717, 1.165) is 23.7 Å². The highest BCUT2D eigenvalue weighted by molar-refractivity contribution is 7.09. The van der Waals surface area contributed by atoms with Gasteiger partial charge in [-0.05, 0) is 50.5 Å². The molecular formula is C16H19N3OS. The van der Waals surface area contributed by atoms with Crippen LogP contribution < -0.4 is 10.2 Å². The average molecular weight is 301 g/mol. The number of aryl methyl sites for hydroxylation is 1. The molecule has 0 aliphatic carbocycles. The number of thiazole rings is 1. The van der Waals surface area contributed by atoms with E-state index in [1.807, 2.05) is 19.1 Å². The van der Waals surface area contributed by atoms with Gasteiger partial charge in [-0.25, -0.2) is 4.98 Å². The van der Waals surface area contributed by atoms with Crippen LogP contribution in [0.4, 0.5) is 11.4 Å². The molecule has 1 aliphatic rings. The van der Waals surface area contributed by atoms with Gasteiger partial charge >= 0.3 is 0 Å². The van der Waals surface area contributed by atoms with E-state index in [0.29, 0.717) is 5.69 Å². The molecule has 110 valence electrons. The lowest BCUT2D eigenvalue weighted by Gasteiger charge is -2.28. The minimum atomic E-state index is -0.139. The molecule has 21 heavy (non-hydrogen) atoms. The smallest absolute Gasteiger partial charge is 0.275 e. The van der Waals surface area contributed by atoms with Gasteiger partial charge in [0.2, 0.25) is 0 Å². The second-order valence-electron chi connectivity index (χ2n) is 5.31. The number of rotatable bonds is 3. The first-order valence-electron chi connectivity index (χ1n) is 7.30. The fraction of sp³-hybridized carbons (Fsp3) is 0.375. The Morgan fingerprint density at radius 3 is 2.52 bits per heavy atom. The van der Waals surface area contributed by atoms with Crippen molar-refractivity contribution in [2.45, 2.75) is 26.2 Å². The van der Waals surface area contributed by atoms with Crippen LogP contribution in [0.25, 0.3) is 0 Å². The highest BCUT2D eigenvalue weighted by atomic mass is 32.1. The van der Waals surface area contributed by atoms with Crippen LogP contribution in [0.3, 0.4) is 0 Å². The number of carbonyl (C=O) groups excluding carboxylic acids is 1. The number of aromatic nitrogens is 1. The number of nitrogens with one attached hydrogen (secondary N) is 1. The Hall–Kier alpha value is -1.88. The van der Waals surface area contributed by atoms with Gasteiger partial charge in [0, 0.05) is 29.3 Å². The van der Waals surface area contributed by atoms with Gasteiger partial charge in [0.05, 0.1) is 5.51 Å². The maximum atomic E-state index is 12.1. The SMILES string of the molecule is Cc1scnc1C(=O)Nc1ccc(N2CCCCC2)cc1. The molecule has 1 aromatic carbocycles. The van der Waals surface area contributed by atoms with Crippen LogP contribution in [0.15, 0.2) is 29.8 Å². The first-order chi connectivity index (χ1) is 10.2. The molecular weight excluding hydrogens is 282 g/mol. The van der Waals surface area contributed by atoms with Gasteiger partial charge in [-0.15, -0.1) is 11.3 Å². The highest BCUT2D eigenvalue weighted by Crippen LogP contribution is 2.22. The third-order valence-electron chi connectivity index (χ3n) is 3.81. The number of hydrogen-bond acceptors (Lipinski definition) is 4. The molecule has 1 fully saturated rings. The van der Waals surface area contributed by atoms with E-state index in [1.54, 1.807) is 5.51 Å². The third-order valence-corrected chi connectivity index (χ3v) is 4.56. The van der Waals surface area contributed by atoms with E-state index in [2.05, 4.69) is 27.3 Å². The number of piperidine rings is 1. The van der Waals surface area contributed by atoms with Crippen molar-refractivity contribution in [3.8, 4) is 0 Å². The molecule has 0 saturated carbocycles. The molecule has 0 atom stereocenters. The number of nitrogens with zero attached hydrogens (tertiary/aromatic N) is 2. The number of anilines is 2. The van der Waals surface area contributed by atoms with Crippen LogP contribution in [0.2, 0.25) is 0 Å². The van der Waals surface area contributed by atoms with Crippen LogP contribution in [-0.4, -0.2) is 24.0 Å². The van der Waals surface area contributed by atoms with Crippen molar-refractivity contribution >= 4 is 28.6 Å². The molecule has 1 amide bonds. The minimum absolute atomic E-state index is 0.139. The van der Waals surface area contributed by atoms with E-state index in [1.165, 1.54) is 36.3 Å². The molecule has 5 heteroatoms. The van der Waals surface area contributed by atoms with Crippen LogP contribution in [0, 0.1) is 6.92 Å². The van der Waals surface area contributed by atoms with E-state index < -0.39 is 0 Å². The summed E-state index contributed by atoms with van der Waals surface area (Å²) in [6.45, 7) is 4.17. The Balaban J connectivity index is 1.67. The molecule has 0 bridgehead atoms. The van der Waals surface area contributed by atoms with E-state index >= 15 is 0 Å². The van der Waals surface area contributed by atoms with Gasteiger partial charge in [0.15, 0.2) is 0 Å². The van der Waals surface area contributed by atoms with E-state index in [-0.39, 0.29) is 5.91 Å². The van der Waals surface area contributed by atoms with E-state index in [9.17, 15) is 4.79 Å². The van der Waals surface area contributed by atoms with Crippen molar-refractivity contribution in [3.63, 3.8) is 0 Å². The Bertz CT molecular complexity index is 615. The zero-order chi connectivity index (χ0) is 14.7. The van der Waals surface area contributed by atoms with Crippen molar-refractivity contribution in [3.05, 3.63) is 40.3 Å². The van der Waals surface area contributed by atoms with Crippen molar-refractivity contribution in [1.82, 2.24) is 4.98 Å². The molecule has 4 nitrogen and oxygen atoms in total. The Kier molecular flexibility index (Phi) is 4.20. The number of carbonyl (C=O) groups is 1. The summed E-state index contributed by atoms with van der Waals surface area (Å²) in [5, 5.41) is 2.90. The summed E-state index contributed by atoms with van der Waals surface area (Å²) in [7, 11) is 0. The third kappa shape index (κ3) is 3.24. The van der Waals surface area contributed by atoms with Gasteiger partial charge in [0.1, 0.15) is 5.69 Å². The molecule has 0 radical (unpaired) electrons. The van der Waals surface area contributed by atoms with Crippen molar-refractivity contribution < 1.29 is 4.79 Å². The molecule has 1 aliphatic heterocycles. The monoisotopic (exact) mass is 301 g/mol. The van der Waals surface area contributed by atoms with Gasteiger partial charge in [-0.3, -0.25) is 4.79 Å². The van der Waals surface area contributed by atoms with Crippen molar-refractivity contribution in [1.29, 1.82) is 0 Å². The molecule has 0 unspecified atom stereocenters. The summed E-state index contributed by atoms with van der Waals surface area (Å²) in [5.41, 5.74) is 4.26. The van der Waals surface area contributed by atoms with Gasteiger partial charge in [-0.2, -0.15) is 0 Å². The number of benzene rings is 1. The molecule has 1 aromatic heterocycles. The lowest BCUT2D eigenvalue weighted by Crippen LogP contribution is -2.29. The van der Waals surface area contributed by atoms with Crippen molar-refractivity contribution in [2.75, 3.05) is 23.3 Å². The molecule has 2 aromatic rings. The molecule has 2 heterocycles. The Morgan fingerprint density at radius 1 is 1.19 bits per heavy atom. The number of amides is 1. The topological polar surface area (TPSA) is 45.2 Å². The molecule has 0 spiro atoms. The van der Waals surface area contributed by atoms with E-state index in [4.69, 9.17) is 0 Å². The van der Waals surface area contributed by atoms with Crippen LogP contribution in [0.1, 0.15) is 34.6 Å². The maximum absolute atomic E-state index is 12.1. The van der Waals surface area contributed by atoms with Gasteiger partial charge < -0.3 is 10.2 Å². The zero-order valence-electron chi connectivity index (χ0n) is 12.1. The van der Waals surface area contributed by atoms with Crippen molar-refractivity contribution in [2.24, 2.45) is 0 Å². The second kappa shape index (κ2) is 6.26. The molecule has 1 saturated heterocycles. The summed E-state index contributed by atoms with van der Waals surface area (Å²) in [6, 6.07) is 8.08. The summed E-state index contributed by atoms with van der Waals surface area (Å²) in [5.74, 6) is -0.139.